The van der Waals surface area contributed by atoms with Crippen molar-refractivity contribution in [2.45, 2.75) is 57.1 Å². The molecule has 1 saturated carbocycles. The average Bonchev–Trinajstić information content (AvgIpc) is 2.60. The van der Waals surface area contributed by atoms with E-state index in [0.29, 0.717) is 18.7 Å². The van der Waals surface area contributed by atoms with Crippen LogP contribution in [-0.2, 0) is 4.79 Å². The summed E-state index contributed by atoms with van der Waals surface area (Å²) < 4.78 is 18.7. The van der Waals surface area contributed by atoms with Crippen LogP contribution in [0.15, 0.2) is 24.3 Å². The topological polar surface area (TPSA) is 41.6 Å². The van der Waals surface area contributed by atoms with Gasteiger partial charge in [-0.3, -0.25) is 4.79 Å². The van der Waals surface area contributed by atoms with E-state index in [2.05, 4.69) is 24.3 Å². The van der Waals surface area contributed by atoms with E-state index in [0.717, 1.165) is 12.8 Å². The second-order valence-electron chi connectivity index (χ2n) is 6.87. The van der Waals surface area contributed by atoms with Crippen molar-refractivity contribution in [3.8, 4) is 5.75 Å². The van der Waals surface area contributed by atoms with Crippen molar-refractivity contribution in [2.24, 2.45) is 0 Å². The fourth-order valence-electron chi connectivity index (χ4n) is 3.36. The molecule has 24 heavy (non-hydrogen) atoms. The number of hydrogen-bond acceptors (Lipinski definition) is 3. The molecule has 134 valence electrons. The summed E-state index contributed by atoms with van der Waals surface area (Å²) in [6.07, 6.45) is 5.91. The highest BCUT2D eigenvalue weighted by molar-refractivity contribution is 5.81. The summed E-state index contributed by atoms with van der Waals surface area (Å²) in [5.74, 6) is 0.0945. The van der Waals surface area contributed by atoms with Gasteiger partial charge in [-0.2, -0.15) is 0 Å². The first kappa shape index (κ1) is 18.7. The molecule has 0 aromatic heterocycles. The van der Waals surface area contributed by atoms with Gasteiger partial charge in [0.25, 0.3) is 5.91 Å². The molecule has 5 heteroatoms. The molecule has 1 fully saturated rings. The van der Waals surface area contributed by atoms with Crippen LogP contribution in [0.25, 0.3) is 0 Å². The Morgan fingerprint density at radius 2 is 1.88 bits per heavy atom. The number of rotatable bonds is 7. The van der Waals surface area contributed by atoms with E-state index in [-0.39, 0.29) is 17.3 Å². The van der Waals surface area contributed by atoms with Gasteiger partial charge in [0.2, 0.25) is 0 Å². The highest BCUT2D eigenvalue weighted by atomic mass is 19.1. The van der Waals surface area contributed by atoms with Crippen LogP contribution in [0.5, 0.6) is 5.75 Å². The summed E-state index contributed by atoms with van der Waals surface area (Å²) in [6, 6.07) is 5.77. The molecule has 1 aliphatic carbocycles. The molecule has 0 radical (unpaired) electrons. The Bertz CT molecular complexity index is 525. The molecule has 1 amide bonds. The summed E-state index contributed by atoms with van der Waals surface area (Å²) in [5.41, 5.74) is 0.0437. The van der Waals surface area contributed by atoms with Gasteiger partial charge in [-0.15, -0.1) is 0 Å². The lowest BCUT2D eigenvalue weighted by Crippen LogP contribution is -2.55. The third-order valence-corrected chi connectivity index (χ3v) is 5.08. The number of carbonyl (C=O) groups is 1. The van der Waals surface area contributed by atoms with Crippen LogP contribution in [0.2, 0.25) is 0 Å². The van der Waals surface area contributed by atoms with Gasteiger partial charge in [-0.05, 0) is 57.6 Å². The molecule has 4 nitrogen and oxygen atoms in total. The quantitative estimate of drug-likeness (QED) is 0.830. The maximum absolute atomic E-state index is 13.0. The van der Waals surface area contributed by atoms with Crippen molar-refractivity contribution in [1.82, 2.24) is 10.2 Å². The number of halogens is 1. The van der Waals surface area contributed by atoms with Gasteiger partial charge in [0.1, 0.15) is 11.6 Å². The standard InChI is InChI=1S/C19H29FN2O2/c1-4-17(24-16-10-8-15(20)9-11-16)18(23)21-14-19(22(2)3)12-6-5-7-13-19/h8-11,17H,4-7,12-14H2,1-3H3,(H,21,23). The Labute approximate surface area is 144 Å². The Kier molecular flexibility index (Phi) is 6.60. The molecule has 2 rings (SSSR count). The zero-order valence-electron chi connectivity index (χ0n) is 15.0. The zero-order chi connectivity index (χ0) is 17.6. The van der Waals surface area contributed by atoms with Crippen LogP contribution in [-0.4, -0.2) is 43.1 Å². The normalized spacial score (nSPS) is 18.2. The molecular weight excluding hydrogens is 307 g/mol. The maximum Gasteiger partial charge on any atom is 0.261 e. The fraction of sp³-hybridized carbons (Fsp3) is 0.632. The lowest BCUT2D eigenvalue weighted by Gasteiger charge is -2.43. The third-order valence-electron chi connectivity index (χ3n) is 5.08. The van der Waals surface area contributed by atoms with E-state index in [1.165, 1.54) is 31.4 Å². The van der Waals surface area contributed by atoms with Gasteiger partial charge in [0.15, 0.2) is 6.10 Å². The first-order chi connectivity index (χ1) is 11.5. The molecule has 0 saturated heterocycles. The highest BCUT2D eigenvalue weighted by Gasteiger charge is 2.35. The number of likely N-dealkylation sites (N-methyl/N-ethyl adjacent to an activating group) is 1. The van der Waals surface area contributed by atoms with Crippen molar-refractivity contribution < 1.29 is 13.9 Å². The van der Waals surface area contributed by atoms with E-state index in [4.69, 9.17) is 4.74 Å². The molecule has 1 N–H and O–H groups in total. The maximum atomic E-state index is 13.0. The summed E-state index contributed by atoms with van der Waals surface area (Å²) in [4.78, 5) is 14.8. The predicted molar refractivity (Wildman–Crippen MR) is 93.6 cm³/mol. The molecule has 0 heterocycles. The Morgan fingerprint density at radius 1 is 1.25 bits per heavy atom. The van der Waals surface area contributed by atoms with Crippen molar-refractivity contribution in [1.29, 1.82) is 0 Å². The average molecular weight is 336 g/mol. The summed E-state index contributed by atoms with van der Waals surface area (Å²) in [7, 11) is 4.17. The van der Waals surface area contributed by atoms with Crippen molar-refractivity contribution in [2.75, 3.05) is 20.6 Å². The molecule has 1 aromatic carbocycles. The number of carbonyl (C=O) groups excluding carboxylic acids is 1. The second-order valence-corrected chi connectivity index (χ2v) is 6.87. The summed E-state index contributed by atoms with van der Waals surface area (Å²) >= 11 is 0. The van der Waals surface area contributed by atoms with Crippen LogP contribution in [0, 0.1) is 5.82 Å². The van der Waals surface area contributed by atoms with Gasteiger partial charge in [0, 0.05) is 12.1 Å². The van der Waals surface area contributed by atoms with E-state index in [1.54, 1.807) is 12.1 Å². The summed E-state index contributed by atoms with van der Waals surface area (Å²) in [5, 5.41) is 3.08. The summed E-state index contributed by atoms with van der Waals surface area (Å²) in [6.45, 7) is 2.55. The number of amides is 1. The van der Waals surface area contributed by atoms with Gasteiger partial charge in [-0.25, -0.2) is 4.39 Å². The molecule has 0 bridgehead atoms. The van der Waals surface area contributed by atoms with Crippen molar-refractivity contribution >= 4 is 5.91 Å². The van der Waals surface area contributed by atoms with Crippen molar-refractivity contribution in [3.05, 3.63) is 30.1 Å². The van der Waals surface area contributed by atoms with Gasteiger partial charge in [0.05, 0.1) is 0 Å². The Morgan fingerprint density at radius 3 is 2.42 bits per heavy atom. The lowest BCUT2D eigenvalue weighted by molar-refractivity contribution is -0.128. The van der Waals surface area contributed by atoms with E-state index < -0.39 is 6.10 Å². The van der Waals surface area contributed by atoms with Crippen LogP contribution in [0.3, 0.4) is 0 Å². The number of benzene rings is 1. The Hall–Kier alpha value is -1.62. The molecule has 0 spiro atoms. The first-order valence-corrected chi connectivity index (χ1v) is 8.84. The monoisotopic (exact) mass is 336 g/mol. The van der Waals surface area contributed by atoms with E-state index in [1.807, 2.05) is 6.92 Å². The molecule has 1 unspecified atom stereocenters. The number of ether oxygens (including phenoxy) is 1. The minimum Gasteiger partial charge on any atom is -0.481 e. The molecule has 1 aromatic rings. The Balaban J connectivity index is 1.94. The SMILES string of the molecule is CCC(Oc1ccc(F)cc1)C(=O)NCC1(N(C)C)CCCCC1. The minimum absolute atomic E-state index is 0.0437. The van der Waals surface area contributed by atoms with Crippen LogP contribution in [0.4, 0.5) is 4.39 Å². The molecule has 0 aliphatic heterocycles. The number of hydrogen-bond donors (Lipinski definition) is 1. The lowest BCUT2D eigenvalue weighted by atomic mass is 9.80. The minimum atomic E-state index is -0.557. The van der Waals surface area contributed by atoms with Crippen LogP contribution >= 0.6 is 0 Å². The van der Waals surface area contributed by atoms with Crippen LogP contribution in [0.1, 0.15) is 45.4 Å². The van der Waals surface area contributed by atoms with E-state index in [9.17, 15) is 9.18 Å². The highest BCUT2D eigenvalue weighted by Crippen LogP contribution is 2.31. The van der Waals surface area contributed by atoms with Crippen molar-refractivity contribution in [3.63, 3.8) is 0 Å². The van der Waals surface area contributed by atoms with Gasteiger partial charge < -0.3 is 15.0 Å². The zero-order valence-corrected chi connectivity index (χ0v) is 15.0. The number of nitrogens with zero attached hydrogens (tertiary/aromatic N) is 1. The largest absolute Gasteiger partial charge is 0.481 e. The fourth-order valence-corrected chi connectivity index (χ4v) is 3.36. The smallest absolute Gasteiger partial charge is 0.261 e. The van der Waals surface area contributed by atoms with Gasteiger partial charge >= 0.3 is 0 Å². The number of nitrogens with one attached hydrogen (secondary N) is 1. The first-order valence-electron chi connectivity index (χ1n) is 8.84. The predicted octanol–water partition coefficient (Wildman–Crippen LogP) is 3.36. The molecule has 1 aliphatic rings. The molecular formula is C19H29FN2O2. The third kappa shape index (κ3) is 4.69. The second kappa shape index (κ2) is 8.47. The molecule has 1 atom stereocenters. The van der Waals surface area contributed by atoms with Crippen LogP contribution < -0.4 is 10.1 Å². The van der Waals surface area contributed by atoms with Gasteiger partial charge in [-0.1, -0.05) is 26.2 Å². The van der Waals surface area contributed by atoms with E-state index >= 15 is 0 Å².